The Labute approximate surface area is 122 Å². The SMILES string of the molecule is COCCN(CCNCCc1cccs1)CC(C)C. The summed E-state index contributed by atoms with van der Waals surface area (Å²) in [5, 5.41) is 5.67. The van der Waals surface area contributed by atoms with Crippen LogP contribution in [0.4, 0.5) is 0 Å². The Bertz CT molecular complexity index is 301. The van der Waals surface area contributed by atoms with Gasteiger partial charge in [0.05, 0.1) is 6.61 Å². The van der Waals surface area contributed by atoms with Crippen LogP contribution >= 0.6 is 11.3 Å². The first kappa shape index (κ1) is 16.6. The van der Waals surface area contributed by atoms with Crippen molar-refractivity contribution < 1.29 is 4.74 Å². The van der Waals surface area contributed by atoms with E-state index in [0.29, 0.717) is 5.92 Å². The van der Waals surface area contributed by atoms with E-state index < -0.39 is 0 Å². The van der Waals surface area contributed by atoms with Gasteiger partial charge in [-0.2, -0.15) is 0 Å². The minimum atomic E-state index is 0.711. The van der Waals surface area contributed by atoms with Gasteiger partial charge in [-0.25, -0.2) is 0 Å². The maximum Gasteiger partial charge on any atom is 0.0589 e. The normalized spacial score (nSPS) is 11.6. The second kappa shape index (κ2) is 10.4. The third kappa shape index (κ3) is 8.37. The van der Waals surface area contributed by atoms with Gasteiger partial charge in [0.1, 0.15) is 0 Å². The first-order valence-corrected chi connectivity index (χ1v) is 8.04. The van der Waals surface area contributed by atoms with Crippen LogP contribution in [0, 0.1) is 5.92 Å². The highest BCUT2D eigenvalue weighted by Crippen LogP contribution is 2.07. The van der Waals surface area contributed by atoms with Crippen LogP contribution in [0.3, 0.4) is 0 Å². The molecule has 1 aromatic heterocycles. The van der Waals surface area contributed by atoms with Crippen molar-refractivity contribution in [3.63, 3.8) is 0 Å². The van der Waals surface area contributed by atoms with Gasteiger partial charge >= 0.3 is 0 Å². The summed E-state index contributed by atoms with van der Waals surface area (Å²) in [7, 11) is 1.77. The lowest BCUT2D eigenvalue weighted by Crippen LogP contribution is -2.37. The van der Waals surface area contributed by atoms with Crippen molar-refractivity contribution >= 4 is 11.3 Å². The number of thiophene rings is 1. The van der Waals surface area contributed by atoms with Gasteiger partial charge in [0, 0.05) is 44.7 Å². The lowest BCUT2D eigenvalue weighted by atomic mass is 10.2. The van der Waals surface area contributed by atoms with Crippen LogP contribution < -0.4 is 5.32 Å². The van der Waals surface area contributed by atoms with Crippen molar-refractivity contribution in [2.75, 3.05) is 46.4 Å². The van der Waals surface area contributed by atoms with Gasteiger partial charge < -0.3 is 10.1 Å². The number of hydrogen-bond acceptors (Lipinski definition) is 4. The minimum absolute atomic E-state index is 0.711. The van der Waals surface area contributed by atoms with E-state index in [-0.39, 0.29) is 0 Å². The van der Waals surface area contributed by atoms with Gasteiger partial charge in [-0.05, 0) is 23.8 Å². The monoisotopic (exact) mass is 284 g/mol. The van der Waals surface area contributed by atoms with Crippen molar-refractivity contribution in [3.05, 3.63) is 22.4 Å². The largest absolute Gasteiger partial charge is 0.383 e. The number of nitrogens with zero attached hydrogens (tertiary/aromatic N) is 1. The summed E-state index contributed by atoms with van der Waals surface area (Å²) in [6, 6.07) is 4.32. The summed E-state index contributed by atoms with van der Waals surface area (Å²) in [6.07, 6.45) is 1.14. The van der Waals surface area contributed by atoms with Crippen LogP contribution in [-0.2, 0) is 11.2 Å². The highest BCUT2D eigenvalue weighted by Gasteiger charge is 2.06. The Balaban J connectivity index is 2.09. The second-order valence-electron chi connectivity index (χ2n) is 5.27. The van der Waals surface area contributed by atoms with Crippen molar-refractivity contribution in [2.45, 2.75) is 20.3 Å². The molecule has 0 atom stereocenters. The molecule has 0 bridgehead atoms. The molecule has 1 N–H and O–H groups in total. The smallest absolute Gasteiger partial charge is 0.0589 e. The lowest BCUT2D eigenvalue weighted by Gasteiger charge is -2.24. The molecule has 4 heteroatoms. The molecule has 110 valence electrons. The van der Waals surface area contributed by atoms with E-state index in [1.807, 2.05) is 11.3 Å². The summed E-state index contributed by atoms with van der Waals surface area (Å²) >= 11 is 1.84. The molecular formula is C15H28N2OS. The van der Waals surface area contributed by atoms with E-state index in [0.717, 1.165) is 45.8 Å². The van der Waals surface area contributed by atoms with Gasteiger partial charge in [0.25, 0.3) is 0 Å². The van der Waals surface area contributed by atoms with Crippen molar-refractivity contribution in [3.8, 4) is 0 Å². The van der Waals surface area contributed by atoms with Gasteiger partial charge in [-0.15, -0.1) is 11.3 Å². The average Bonchev–Trinajstić information content (AvgIpc) is 2.87. The van der Waals surface area contributed by atoms with Crippen molar-refractivity contribution in [2.24, 2.45) is 5.92 Å². The predicted molar refractivity (Wildman–Crippen MR) is 84.0 cm³/mol. The van der Waals surface area contributed by atoms with Gasteiger partial charge in [0.15, 0.2) is 0 Å². The zero-order chi connectivity index (χ0) is 13.9. The van der Waals surface area contributed by atoms with Crippen LogP contribution in [0.5, 0.6) is 0 Å². The van der Waals surface area contributed by atoms with Gasteiger partial charge in [-0.1, -0.05) is 19.9 Å². The molecule has 0 radical (unpaired) electrons. The molecule has 0 spiro atoms. The summed E-state index contributed by atoms with van der Waals surface area (Å²) in [5.41, 5.74) is 0. The third-order valence-electron chi connectivity index (χ3n) is 2.97. The third-order valence-corrected chi connectivity index (χ3v) is 3.90. The summed E-state index contributed by atoms with van der Waals surface area (Å²) in [4.78, 5) is 3.94. The van der Waals surface area contributed by atoms with Gasteiger partial charge in [0.2, 0.25) is 0 Å². The number of ether oxygens (including phenoxy) is 1. The van der Waals surface area contributed by atoms with E-state index >= 15 is 0 Å². The Morgan fingerprint density at radius 2 is 2.16 bits per heavy atom. The Kier molecular flexibility index (Phi) is 9.08. The maximum absolute atomic E-state index is 5.17. The fourth-order valence-electron chi connectivity index (χ4n) is 2.06. The van der Waals surface area contributed by atoms with E-state index in [1.54, 1.807) is 7.11 Å². The van der Waals surface area contributed by atoms with E-state index in [9.17, 15) is 0 Å². The van der Waals surface area contributed by atoms with E-state index in [4.69, 9.17) is 4.74 Å². The molecule has 0 saturated heterocycles. The molecule has 0 aliphatic carbocycles. The zero-order valence-corrected chi connectivity index (χ0v) is 13.3. The van der Waals surface area contributed by atoms with Crippen LogP contribution in [0.25, 0.3) is 0 Å². The Morgan fingerprint density at radius 1 is 1.32 bits per heavy atom. The van der Waals surface area contributed by atoms with Crippen LogP contribution in [-0.4, -0.2) is 51.3 Å². The first-order chi connectivity index (χ1) is 9.22. The molecular weight excluding hydrogens is 256 g/mol. The molecule has 1 aromatic rings. The number of methoxy groups -OCH3 is 1. The fraction of sp³-hybridized carbons (Fsp3) is 0.733. The molecule has 0 amide bonds. The molecule has 3 nitrogen and oxygen atoms in total. The van der Waals surface area contributed by atoms with E-state index in [2.05, 4.69) is 41.6 Å². The molecule has 1 rings (SSSR count). The first-order valence-electron chi connectivity index (χ1n) is 7.16. The summed E-state index contributed by atoms with van der Waals surface area (Å²) < 4.78 is 5.17. The maximum atomic E-state index is 5.17. The van der Waals surface area contributed by atoms with Crippen LogP contribution in [0.15, 0.2) is 17.5 Å². The molecule has 0 aliphatic rings. The number of rotatable bonds is 11. The van der Waals surface area contributed by atoms with Gasteiger partial charge in [-0.3, -0.25) is 4.90 Å². The summed E-state index contributed by atoms with van der Waals surface area (Å²) in [5.74, 6) is 0.711. The topological polar surface area (TPSA) is 24.5 Å². The minimum Gasteiger partial charge on any atom is -0.383 e. The van der Waals surface area contributed by atoms with Crippen molar-refractivity contribution in [1.29, 1.82) is 0 Å². The second-order valence-corrected chi connectivity index (χ2v) is 6.30. The highest BCUT2D eigenvalue weighted by molar-refractivity contribution is 7.09. The van der Waals surface area contributed by atoms with Crippen molar-refractivity contribution in [1.82, 2.24) is 10.2 Å². The average molecular weight is 284 g/mol. The quantitative estimate of drug-likeness (QED) is 0.632. The molecule has 0 aromatic carbocycles. The molecule has 0 fully saturated rings. The Morgan fingerprint density at radius 3 is 2.79 bits per heavy atom. The zero-order valence-electron chi connectivity index (χ0n) is 12.5. The van der Waals surface area contributed by atoms with Crippen LogP contribution in [0.2, 0.25) is 0 Å². The number of hydrogen-bond donors (Lipinski definition) is 1. The van der Waals surface area contributed by atoms with Crippen LogP contribution in [0.1, 0.15) is 18.7 Å². The fourth-order valence-corrected chi connectivity index (χ4v) is 2.77. The highest BCUT2D eigenvalue weighted by atomic mass is 32.1. The lowest BCUT2D eigenvalue weighted by molar-refractivity contribution is 0.140. The predicted octanol–water partition coefficient (Wildman–Crippen LogP) is 2.48. The number of nitrogens with one attached hydrogen (secondary N) is 1. The standard InChI is InChI=1S/C15H28N2OS/c1-14(2)13-17(10-11-18-3)9-8-16-7-6-15-5-4-12-19-15/h4-5,12,14,16H,6-11,13H2,1-3H3. The molecule has 0 saturated carbocycles. The molecule has 19 heavy (non-hydrogen) atoms. The summed E-state index contributed by atoms with van der Waals surface area (Å²) in [6.45, 7) is 10.8. The molecule has 0 unspecified atom stereocenters. The van der Waals surface area contributed by atoms with E-state index in [1.165, 1.54) is 4.88 Å². The molecule has 1 heterocycles. The Hall–Kier alpha value is -0.420. The molecule has 0 aliphatic heterocycles.